The number of likely N-dealkylation sites (tertiary alicyclic amines) is 1. The van der Waals surface area contributed by atoms with E-state index in [0.717, 1.165) is 44.5 Å². The minimum atomic E-state index is -0.505. The number of nitriles is 1. The second-order valence-corrected chi connectivity index (χ2v) is 6.80. The fourth-order valence-electron chi connectivity index (χ4n) is 3.63. The van der Waals surface area contributed by atoms with Gasteiger partial charge >= 0.3 is 0 Å². The summed E-state index contributed by atoms with van der Waals surface area (Å²) in [4.78, 5) is 2.33. The van der Waals surface area contributed by atoms with Gasteiger partial charge in [-0.3, -0.25) is 4.68 Å². The smallest absolute Gasteiger partial charge is 0.0991 e. The number of aromatic nitrogens is 2. The molecule has 5 heteroatoms. The van der Waals surface area contributed by atoms with Crippen LogP contribution in [0.25, 0.3) is 0 Å². The Morgan fingerprint density at radius 1 is 1.24 bits per heavy atom. The van der Waals surface area contributed by atoms with E-state index in [0.29, 0.717) is 18.0 Å². The zero-order chi connectivity index (χ0) is 17.6. The molecule has 1 aromatic heterocycles. The second-order valence-electron chi connectivity index (χ2n) is 6.80. The average molecular weight is 338 g/mol. The molecule has 2 aromatic rings. The molecule has 1 unspecified atom stereocenters. The molecule has 25 heavy (non-hydrogen) atoms. The van der Waals surface area contributed by atoms with Crippen molar-refractivity contribution in [3.05, 3.63) is 53.3 Å². The number of aliphatic hydroxyl groups is 1. The number of aliphatic hydroxyl groups excluding tert-OH is 1. The van der Waals surface area contributed by atoms with Crippen molar-refractivity contribution in [1.82, 2.24) is 14.7 Å². The third kappa shape index (κ3) is 4.28. The lowest BCUT2D eigenvalue weighted by Crippen LogP contribution is -2.36. The van der Waals surface area contributed by atoms with E-state index >= 15 is 0 Å². The molecule has 0 aliphatic carbocycles. The largest absolute Gasteiger partial charge is 0.387 e. The SMILES string of the molecule is CCCn1nccc1C1CCN(CC(O)c2ccc(C#N)cc2)CC1. The standard InChI is InChI=1S/C20H26N4O/c1-2-11-24-19(7-10-22-24)17-8-12-23(13-9-17)15-20(25)18-5-3-16(14-21)4-6-18/h3-7,10,17,20,25H,2,8-9,11-13,15H2,1H3. The lowest BCUT2D eigenvalue weighted by molar-refractivity contribution is 0.0965. The molecule has 0 spiro atoms. The van der Waals surface area contributed by atoms with Crippen molar-refractivity contribution in [3.8, 4) is 6.07 Å². The number of hydrogen-bond donors (Lipinski definition) is 1. The van der Waals surface area contributed by atoms with E-state index in [1.807, 2.05) is 18.3 Å². The van der Waals surface area contributed by atoms with Crippen molar-refractivity contribution >= 4 is 0 Å². The molecule has 1 aliphatic rings. The predicted octanol–water partition coefficient (Wildman–Crippen LogP) is 3.08. The maximum atomic E-state index is 10.5. The molecule has 1 atom stereocenters. The molecule has 5 nitrogen and oxygen atoms in total. The monoisotopic (exact) mass is 338 g/mol. The Balaban J connectivity index is 1.53. The Hall–Kier alpha value is -2.16. The van der Waals surface area contributed by atoms with E-state index in [4.69, 9.17) is 5.26 Å². The number of nitrogens with zero attached hydrogens (tertiary/aromatic N) is 4. The van der Waals surface area contributed by atoms with Gasteiger partial charge in [0.1, 0.15) is 0 Å². The number of rotatable bonds is 6. The molecular weight excluding hydrogens is 312 g/mol. The van der Waals surface area contributed by atoms with Gasteiger partial charge < -0.3 is 10.0 Å². The summed E-state index contributed by atoms with van der Waals surface area (Å²) in [6, 6.07) is 11.5. The number of aryl methyl sites for hydroxylation is 1. The van der Waals surface area contributed by atoms with Crippen LogP contribution in [-0.2, 0) is 6.54 Å². The van der Waals surface area contributed by atoms with Gasteiger partial charge in [0.15, 0.2) is 0 Å². The molecule has 0 amide bonds. The van der Waals surface area contributed by atoms with Crippen LogP contribution in [0.2, 0.25) is 0 Å². The molecule has 1 fully saturated rings. The maximum absolute atomic E-state index is 10.5. The number of β-amino-alcohol motifs (C(OH)–C–C–N with tert-alkyl or cyclic N) is 1. The molecule has 3 rings (SSSR count). The van der Waals surface area contributed by atoms with Gasteiger partial charge in [-0.05, 0) is 56.1 Å². The summed E-state index contributed by atoms with van der Waals surface area (Å²) >= 11 is 0. The summed E-state index contributed by atoms with van der Waals surface area (Å²) in [5, 5.41) is 23.8. The lowest BCUT2D eigenvalue weighted by atomic mass is 9.93. The molecule has 0 saturated carbocycles. The predicted molar refractivity (Wildman–Crippen MR) is 97.0 cm³/mol. The molecule has 1 saturated heterocycles. The zero-order valence-corrected chi connectivity index (χ0v) is 14.8. The molecule has 0 bridgehead atoms. The summed E-state index contributed by atoms with van der Waals surface area (Å²) in [6.45, 7) is 5.80. The second kappa shape index (κ2) is 8.28. The quantitative estimate of drug-likeness (QED) is 0.879. The van der Waals surface area contributed by atoms with Crippen LogP contribution < -0.4 is 0 Å². The van der Waals surface area contributed by atoms with Crippen molar-refractivity contribution < 1.29 is 5.11 Å². The summed E-state index contributed by atoms with van der Waals surface area (Å²) in [7, 11) is 0. The first kappa shape index (κ1) is 17.7. The van der Waals surface area contributed by atoms with Crippen molar-refractivity contribution in [1.29, 1.82) is 5.26 Å². The van der Waals surface area contributed by atoms with Crippen LogP contribution in [0.1, 0.15) is 55.0 Å². The number of piperidine rings is 1. The molecule has 132 valence electrons. The van der Waals surface area contributed by atoms with Gasteiger partial charge in [0.2, 0.25) is 0 Å². The van der Waals surface area contributed by atoms with E-state index < -0.39 is 6.10 Å². The number of hydrogen-bond acceptors (Lipinski definition) is 4. The van der Waals surface area contributed by atoms with Crippen LogP contribution in [0.5, 0.6) is 0 Å². The van der Waals surface area contributed by atoms with Crippen LogP contribution >= 0.6 is 0 Å². The highest BCUT2D eigenvalue weighted by molar-refractivity contribution is 5.32. The Morgan fingerprint density at radius 3 is 2.60 bits per heavy atom. The van der Waals surface area contributed by atoms with Crippen molar-refractivity contribution in [2.45, 2.75) is 44.8 Å². The maximum Gasteiger partial charge on any atom is 0.0991 e. The van der Waals surface area contributed by atoms with Gasteiger partial charge in [-0.2, -0.15) is 10.4 Å². The number of benzene rings is 1. The van der Waals surface area contributed by atoms with E-state index in [-0.39, 0.29) is 0 Å². The van der Waals surface area contributed by atoms with Gasteiger partial charge in [-0.15, -0.1) is 0 Å². The molecule has 1 N–H and O–H groups in total. The van der Waals surface area contributed by atoms with Crippen LogP contribution in [0.15, 0.2) is 36.5 Å². The molecule has 0 radical (unpaired) electrons. The van der Waals surface area contributed by atoms with E-state index in [9.17, 15) is 5.11 Å². The van der Waals surface area contributed by atoms with E-state index in [2.05, 4.69) is 33.7 Å². The fraction of sp³-hybridized carbons (Fsp3) is 0.500. The Labute approximate surface area is 149 Å². The highest BCUT2D eigenvalue weighted by Crippen LogP contribution is 2.29. The summed E-state index contributed by atoms with van der Waals surface area (Å²) in [5.74, 6) is 0.567. The van der Waals surface area contributed by atoms with Gasteiger partial charge in [0.25, 0.3) is 0 Å². The first-order valence-electron chi connectivity index (χ1n) is 9.13. The molecular formula is C20H26N4O. The van der Waals surface area contributed by atoms with Crippen molar-refractivity contribution in [3.63, 3.8) is 0 Å². The van der Waals surface area contributed by atoms with Crippen LogP contribution in [-0.4, -0.2) is 39.4 Å². The highest BCUT2D eigenvalue weighted by atomic mass is 16.3. The normalized spacial score (nSPS) is 17.3. The van der Waals surface area contributed by atoms with Crippen molar-refractivity contribution in [2.24, 2.45) is 0 Å². The summed E-state index contributed by atoms with van der Waals surface area (Å²) in [5.41, 5.74) is 2.86. The fourth-order valence-corrected chi connectivity index (χ4v) is 3.63. The van der Waals surface area contributed by atoms with Gasteiger partial charge in [-0.25, -0.2) is 0 Å². The van der Waals surface area contributed by atoms with Gasteiger partial charge in [0, 0.05) is 30.9 Å². The van der Waals surface area contributed by atoms with E-state index in [1.54, 1.807) is 12.1 Å². The minimum Gasteiger partial charge on any atom is -0.387 e. The van der Waals surface area contributed by atoms with Crippen LogP contribution in [0.4, 0.5) is 0 Å². The topological polar surface area (TPSA) is 65.1 Å². The molecule has 2 heterocycles. The first-order chi connectivity index (χ1) is 12.2. The average Bonchev–Trinajstić information content (AvgIpc) is 3.11. The molecule has 1 aliphatic heterocycles. The Kier molecular flexibility index (Phi) is 5.85. The van der Waals surface area contributed by atoms with Crippen LogP contribution in [0, 0.1) is 11.3 Å². The third-order valence-electron chi connectivity index (χ3n) is 5.05. The first-order valence-corrected chi connectivity index (χ1v) is 9.13. The Bertz CT molecular complexity index is 708. The van der Waals surface area contributed by atoms with Crippen LogP contribution in [0.3, 0.4) is 0 Å². The van der Waals surface area contributed by atoms with Gasteiger partial charge in [0.05, 0.1) is 17.7 Å². The van der Waals surface area contributed by atoms with Crippen molar-refractivity contribution in [2.75, 3.05) is 19.6 Å². The third-order valence-corrected chi connectivity index (χ3v) is 5.05. The molecule has 1 aromatic carbocycles. The summed E-state index contributed by atoms with van der Waals surface area (Å²) in [6.07, 6.45) is 4.72. The van der Waals surface area contributed by atoms with E-state index in [1.165, 1.54) is 5.69 Å². The highest BCUT2D eigenvalue weighted by Gasteiger charge is 2.24. The zero-order valence-electron chi connectivity index (χ0n) is 14.8. The summed E-state index contributed by atoms with van der Waals surface area (Å²) < 4.78 is 2.14. The minimum absolute atomic E-state index is 0.505. The Morgan fingerprint density at radius 2 is 1.96 bits per heavy atom. The lowest BCUT2D eigenvalue weighted by Gasteiger charge is -2.33. The van der Waals surface area contributed by atoms with Gasteiger partial charge in [-0.1, -0.05) is 19.1 Å².